The van der Waals surface area contributed by atoms with Gasteiger partial charge in [-0.05, 0) is 25.0 Å². The van der Waals surface area contributed by atoms with Gasteiger partial charge in [-0.25, -0.2) is 4.39 Å². The normalized spacial score (nSPS) is 14.6. The lowest BCUT2D eigenvalue weighted by Gasteiger charge is -2.03. The van der Waals surface area contributed by atoms with Gasteiger partial charge >= 0.3 is 0 Å². The minimum absolute atomic E-state index is 0.178. The molecule has 1 fully saturated rings. The van der Waals surface area contributed by atoms with Crippen LogP contribution in [0.25, 0.3) is 0 Å². The van der Waals surface area contributed by atoms with E-state index in [2.05, 4.69) is 10.5 Å². The summed E-state index contributed by atoms with van der Waals surface area (Å²) in [6.07, 6.45) is 2.47. The highest BCUT2D eigenvalue weighted by Crippen LogP contribution is 2.20. The topological polar surface area (TPSA) is 47.3 Å². The molecule has 0 atom stereocenters. The lowest BCUT2D eigenvalue weighted by atomic mass is 10.3. The van der Waals surface area contributed by atoms with Crippen LogP contribution in [0.5, 0.6) is 5.75 Å². The number of rotatable bonds is 6. The Bertz CT molecular complexity index is 552. The molecule has 19 heavy (non-hydrogen) atoms. The molecule has 0 saturated heterocycles. The average molecular weight is 262 g/mol. The molecule has 0 radical (unpaired) electrons. The van der Waals surface area contributed by atoms with Crippen molar-refractivity contribution in [2.45, 2.75) is 32.0 Å². The lowest BCUT2D eigenvalue weighted by Crippen LogP contribution is -2.15. The first-order chi connectivity index (χ1) is 9.31. The maximum absolute atomic E-state index is 13.3. The fourth-order valence-electron chi connectivity index (χ4n) is 1.75. The average Bonchev–Trinajstić information content (AvgIpc) is 3.14. The van der Waals surface area contributed by atoms with Crippen LogP contribution in [-0.4, -0.2) is 11.2 Å². The molecule has 100 valence electrons. The zero-order chi connectivity index (χ0) is 13.1. The van der Waals surface area contributed by atoms with Crippen molar-refractivity contribution in [1.29, 1.82) is 0 Å². The standard InChI is InChI=1S/C14H15FN2O2/c15-13-3-1-2-4-14(13)18-9-12-7-11(17-19-12)8-16-10-5-6-10/h1-4,7,10,16H,5-6,8-9H2. The number of halogens is 1. The third kappa shape index (κ3) is 3.32. The van der Waals surface area contributed by atoms with Gasteiger partial charge in [-0.1, -0.05) is 17.3 Å². The van der Waals surface area contributed by atoms with Crippen molar-refractivity contribution in [3.8, 4) is 5.75 Å². The van der Waals surface area contributed by atoms with E-state index in [-0.39, 0.29) is 18.2 Å². The Morgan fingerprint density at radius 1 is 1.37 bits per heavy atom. The van der Waals surface area contributed by atoms with Crippen LogP contribution in [-0.2, 0) is 13.2 Å². The van der Waals surface area contributed by atoms with Crippen molar-refractivity contribution < 1.29 is 13.7 Å². The first-order valence-corrected chi connectivity index (χ1v) is 6.36. The highest BCUT2D eigenvalue weighted by molar-refractivity contribution is 5.23. The Morgan fingerprint density at radius 2 is 2.21 bits per heavy atom. The maximum Gasteiger partial charge on any atom is 0.174 e. The summed E-state index contributed by atoms with van der Waals surface area (Å²) in [6, 6.07) is 8.76. The van der Waals surface area contributed by atoms with E-state index in [1.165, 1.54) is 18.9 Å². The lowest BCUT2D eigenvalue weighted by molar-refractivity contribution is 0.239. The zero-order valence-electron chi connectivity index (χ0n) is 10.4. The quantitative estimate of drug-likeness (QED) is 0.869. The molecule has 1 aliphatic rings. The molecule has 4 nitrogen and oxygen atoms in total. The highest BCUT2D eigenvalue weighted by Gasteiger charge is 2.20. The third-order valence-electron chi connectivity index (χ3n) is 2.96. The summed E-state index contributed by atoms with van der Waals surface area (Å²) in [4.78, 5) is 0. The van der Waals surface area contributed by atoms with Gasteiger partial charge in [-0.15, -0.1) is 0 Å². The number of hydrogen-bond donors (Lipinski definition) is 1. The molecule has 1 aromatic carbocycles. The van der Waals surface area contributed by atoms with Gasteiger partial charge in [0.25, 0.3) is 0 Å². The van der Waals surface area contributed by atoms with Crippen LogP contribution in [0.1, 0.15) is 24.3 Å². The van der Waals surface area contributed by atoms with Gasteiger partial charge in [-0.3, -0.25) is 0 Å². The smallest absolute Gasteiger partial charge is 0.174 e. The van der Waals surface area contributed by atoms with Gasteiger partial charge < -0.3 is 14.6 Å². The number of aromatic nitrogens is 1. The molecule has 0 aliphatic heterocycles. The molecule has 1 heterocycles. The Balaban J connectivity index is 1.53. The number of benzene rings is 1. The second-order valence-electron chi connectivity index (χ2n) is 4.66. The van der Waals surface area contributed by atoms with Crippen LogP contribution in [0.2, 0.25) is 0 Å². The number of para-hydroxylation sites is 1. The molecule has 1 N–H and O–H groups in total. The summed E-state index contributed by atoms with van der Waals surface area (Å²) < 4.78 is 23.8. The summed E-state index contributed by atoms with van der Waals surface area (Å²) in [5.74, 6) is 0.435. The van der Waals surface area contributed by atoms with Gasteiger partial charge in [0, 0.05) is 18.7 Å². The molecule has 1 aliphatic carbocycles. The van der Waals surface area contributed by atoms with Gasteiger partial charge in [0.05, 0.1) is 5.69 Å². The van der Waals surface area contributed by atoms with Crippen molar-refractivity contribution in [2.24, 2.45) is 0 Å². The van der Waals surface area contributed by atoms with Crippen LogP contribution in [0.4, 0.5) is 4.39 Å². The van der Waals surface area contributed by atoms with Crippen molar-refractivity contribution >= 4 is 0 Å². The maximum atomic E-state index is 13.3. The minimum Gasteiger partial charge on any atom is -0.482 e. The summed E-state index contributed by atoms with van der Waals surface area (Å²) in [5, 5.41) is 7.29. The van der Waals surface area contributed by atoms with E-state index in [1.807, 2.05) is 6.07 Å². The van der Waals surface area contributed by atoms with E-state index < -0.39 is 0 Å². The summed E-state index contributed by atoms with van der Waals surface area (Å²) in [5.41, 5.74) is 0.846. The Labute approximate surface area is 110 Å². The molecule has 3 rings (SSSR count). The molecule has 0 amide bonds. The molecule has 1 aromatic heterocycles. The Hall–Kier alpha value is -1.88. The van der Waals surface area contributed by atoms with Gasteiger partial charge in [0.1, 0.15) is 6.61 Å². The van der Waals surface area contributed by atoms with Crippen LogP contribution < -0.4 is 10.1 Å². The van der Waals surface area contributed by atoms with Gasteiger partial charge in [0.2, 0.25) is 0 Å². The number of ether oxygens (including phenoxy) is 1. The second kappa shape index (κ2) is 5.40. The highest BCUT2D eigenvalue weighted by atomic mass is 19.1. The van der Waals surface area contributed by atoms with Crippen molar-refractivity contribution in [1.82, 2.24) is 10.5 Å². The van der Waals surface area contributed by atoms with E-state index in [0.717, 1.165) is 5.69 Å². The molecule has 0 unspecified atom stereocenters. The van der Waals surface area contributed by atoms with Crippen LogP contribution in [0, 0.1) is 5.82 Å². The van der Waals surface area contributed by atoms with Crippen LogP contribution in [0.3, 0.4) is 0 Å². The first-order valence-electron chi connectivity index (χ1n) is 6.36. The van der Waals surface area contributed by atoms with E-state index in [0.29, 0.717) is 18.3 Å². The molecular formula is C14H15FN2O2. The van der Waals surface area contributed by atoms with Crippen molar-refractivity contribution in [2.75, 3.05) is 0 Å². The summed E-state index contributed by atoms with van der Waals surface area (Å²) in [6.45, 7) is 0.880. The fraction of sp³-hybridized carbons (Fsp3) is 0.357. The summed E-state index contributed by atoms with van der Waals surface area (Å²) in [7, 11) is 0. The monoisotopic (exact) mass is 262 g/mol. The fourth-order valence-corrected chi connectivity index (χ4v) is 1.75. The van der Waals surface area contributed by atoms with E-state index in [1.54, 1.807) is 18.2 Å². The largest absolute Gasteiger partial charge is 0.482 e. The predicted molar refractivity (Wildman–Crippen MR) is 67.1 cm³/mol. The first kappa shape index (κ1) is 12.2. The molecule has 0 bridgehead atoms. The zero-order valence-corrected chi connectivity index (χ0v) is 10.4. The van der Waals surface area contributed by atoms with E-state index in [9.17, 15) is 4.39 Å². The van der Waals surface area contributed by atoms with Crippen LogP contribution >= 0.6 is 0 Å². The van der Waals surface area contributed by atoms with E-state index in [4.69, 9.17) is 9.26 Å². The summed E-state index contributed by atoms with van der Waals surface area (Å²) >= 11 is 0. The van der Waals surface area contributed by atoms with Gasteiger partial charge in [0.15, 0.2) is 17.3 Å². The van der Waals surface area contributed by atoms with E-state index >= 15 is 0 Å². The van der Waals surface area contributed by atoms with Gasteiger partial charge in [-0.2, -0.15) is 0 Å². The second-order valence-corrected chi connectivity index (χ2v) is 4.66. The predicted octanol–water partition coefficient (Wildman–Crippen LogP) is 2.64. The van der Waals surface area contributed by atoms with Crippen molar-refractivity contribution in [3.63, 3.8) is 0 Å². The molecule has 2 aromatic rings. The molecule has 0 spiro atoms. The number of nitrogens with one attached hydrogen (secondary N) is 1. The Morgan fingerprint density at radius 3 is 3.00 bits per heavy atom. The number of hydrogen-bond acceptors (Lipinski definition) is 4. The van der Waals surface area contributed by atoms with Crippen LogP contribution in [0.15, 0.2) is 34.9 Å². The third-order valence-corrected chi connectivity index (χ3v) is 2.96. The SMILES string of the molecule is Fc1ccccc1OCc1cc(CNC2CC2)no1. The minimum atomic E-state index is -0.377. The molecule has 1 saturated carbocycles. The Kier molecular flexibility index (Phi) is 3.46. The molecular weight excluding hydrogens is 247 g/mol. The van der Waals surface area contributed by atoms with Crippen molar-refractivity contribution in [3.05, 3.63) is 47.6 Å². The number of nitrogens with zero attached hydrogens (tertiary/aromatic N) is 1. The molecule has 5 heteroatoms.